The molecule has 1 aliphatic heterocycles. The van der Waals surface area contributed by atoms with Crippen molar-refractivity contribution in [3.63, 3.8) is 0 Å². The zero-order valence-electron chi connectivity index (χ0n) is 13.3. The van der Waals surface area contributed by atoms with Gasteiger partial charge in [0.05, 0.1) is 17.6 Å². The van der Waals surface area contributed by atoms with Crippen LogP contribution in [0.25, 0.3) is 0 Å². The van der Waals surface area contributed by atoms with Crippen LogP contribution in [-0.2, 0) is 22.3 Å². The first-order chi connectivity index (χ1) is 11.2. The van der Waals surface area contributed by atoms with Crippen molar-refractivity contribution in [2.75, 3.05) is 26.8 Å². The summed E-state index contributed by atoms with van der Waals surface area (Å²) in [5.41, 5.74) is -1.49. The van der Waals surface area contributed by atoms with Crippen LogP contribution in [0.2, 0.25) is 0 Å². The number of likely N-dealkylation sites (tertiary alicyclic amines) is 1. The maximum atomic E-state index is 12.8. The first-order valence-electron chi connectivity index (χ1n) is 7.51. The van der Waals surface area contributed by atoms with Crippen LogP contribution < -0.4 is 0 Å². The zero-order valence-corrected chi connectivity index (χ0v) is 13.3. The highest BCUT2D eigenvalue weighted by Crippen LogP contribution is 2.35. The van der Waals surface area contributed by atoms with Crippen molar-refractivity contribution in [3.8, 4) is 5.75 Å². The Morgan fingerprint density at radius 3 is 2.42 bits per heavy atom. The number of methoxy groups -OCH3 is 1. The number of halogens is 3. The summed E-state index contributed by atoms with van der Waals surface area (Å²) >= 11 is 0. The van der Waals surface area contributed by atoms with E-state index in [1.165, 1.54) is 13.2 Å². The number of benzene rings is 1. The number of alkyl halides is 3. The van der Waals surface area contributed by atoms with Gasteiger partial charge in [-0.1, -0.05) is 0 Å². The molecule has 0 radical (unpaired) electrons. The summed E-state index contributed by atoms with van der Waals surface area (Å²) in [6.45, 7) is 1.21. The fourth-order valence-electron chi connectivity index (χ4n) is 3.02. The van der Waals surface area contributed by atoms with Gasteiger partial charge in [0, 0.05) is 13.7 Å². The van der Waals surface area contributed by atoms with Crippen molar-refractivity contribution in [1.29, 1.82) is 0 Å². The quantitative estimate of drug-likeness (QED) is 0.857. The number of phenolic OH excluding ortho intramolecular Hbond substituents is 1. The summed E-state index contributed by atoms with van der Waals surface area (Å²) in [5.74, 6) is -1.35. The smallest absolute Gasteiger partial charge is 0.416 e. The Morgan fingerprint density at radius 2 is 1.92 bits per heavy atom. The molecule has 24 heavy (non-hydrogen) atoms. The van der Waals surface area contributed by atoms with E-state index in [0.717, 1.165) is 6.07 Å². The molecule has 1 fully saturated rings. The summed E-state index contributed by atoms with van der Waals surface area (Å²) in [4.78, 5) is 13.4. The molecule has 0 unspecified atom stereocenters. The van der Waals surface area contributed by atoms with Crippen molar-refractivity contribution < 1.29 is 32.9 Å². The molecule has 1 aromatic rings. The van der Waals surface area contributed by atoms with E-state index in [2.05, 4.69) is 0 Å². The lowest BCUT2D eigenvalue weighted by Crippen LogP contribution is -2.46. The van der Waals surface area contributed by atoms with E-state index in [1.807, 2.05) is 4.90 Å². The number of carbonyl (C=O) groups is 1. The van der Waals surface area contributed by atoms with Crippen molar-refractivity contribution in [2.24, 2.45) is 5.41 Å². The summed E-state index contributed by atoms with van der Waals surface area (Å²) in [5, 5.41) is 18.9. The SMILES string of the molecule is COCC1(C(=O)O)CCN(Cc2cc(O)cc(C(F)(F)F)c2)CC1. The second-order valence-electron chi connectivity index (χ2n) is 6.18. The fraction of sp³-hybridized carbons (Fsp3) is 0.562. The molecule has 1 heterocycles. The van der Waals surface area contributed by atoms with Crippen LogP contribution in [0, 0.1) is 5.41 Å². The van der Waals surface area contributed by atoms with E-state index in [9.17, 15) is 28.2 Å². The third-order valence-corrected chi connectivity index (χ3v) is 4.40. The van der Waals surface area contributed by atoms with Crippen LogP contribution in [-0.4, -0.2) is 47.9 Å². The average Bonchev–Trinajstić information content (AvgIpc) is 2.48. The normalized spacial score (nSPS) is 18.5. The highest BCUT2D eigenvalue weighted by molar-refractivity contribution is 5.75. The first-order valence-corrected chi connectivity index (χ1v) is 7.51. The molecule has 0 spiro atoms. The van der Waals surface area contributed by atoms with E-state index in [1.54, 1.807) is 0 Å². The molecule has 0 bridgehead atoms. The van der Waals surface area contributed by atoms with Crippen LogP contribution in [0.3, 0.4) is 0 Å². The lowest BCUT2D eigenvalue weighted by molar-refractivity contribution is -0.156. The lowest BCUT2D eigenvalue weighted by atomic mass is 9.79. The minimum Gasteiger partial charge on any atom is -0.508 e. The van der Waals surface area contributed by atoms with E-state index in [4.69, 9.17) is 4.74 Å². The van der Waals surface area contributed by atoms with Gasteiger partial charge in [-0.2, -0.15) is 13.2 Å². The van der Waals surface area contributed by atoms with Crippen LogP contribution in [0.15, 0.2) is 18.2 Å². The Balaban J connectivity index is 2.06. The number of hydrogen-bond donors (Lipinski definition) is 2. The van der Waals surface area contributed by atoms with Gasteiger partial charge >= 0.3 is 12.1 Å². The molecular weight excluding hydrogens is 327 g/mol. The molecule has 0 aromatic heterocycles. The number of nitrogens with zero attached hydrogens (tertiary/aromatic N) is 1. The Hall–Kier alpha value is -1.80. The van der Waals surface area contributed by atoms with Crippen LogP contribution in [0.4, 0.5) is 13.2 Å². The van der Waals surface area contributed by atoms with E-state index >= 15 is 0 Å². The predicted molar refractivity (Wildman–Crippen MR) is 79.6 cm³/mol. The van der Waals surface area contributed by atoms with Crippen molar-refractivity contribution in [3.05, 3.63) is 29.3 Å². The molecule has 1 aliphatic rings. The number of rotatable bonds is 5. The van der Waals surface area contributed by atoms with E-state index < -0.39 is 28.9 Å². The van der Waals surface area contributed by atoms with Crippen molar-refractivity contribution >= 4 is 5.97 Å². The standard InChI is InChI=1S/C16H20F3NO4/c1-24-10-15(14(22)23)2-4-20(5-3-15)9-11-6-12(16(17,18)19)8-13(21)7-11/h6-8,21H,2-5,9-10H2,1H3,(H,22,23). The molecule has 1 aromatic carbocycles. The predicted octanol–water partition coefficient (Wildman–Crippen LogP) is 2.72. The summed E-state index contributed by atoms with van der Waals surface area (Å²) in [7, 11) is 1.45. The number of carboxylic acid groups (broad SMARTS) is 1. The molecule has 0 amide bonds. The number of phenols is 1. The topological polar surface area (TPSA) is 70.0 Å². The Morgan fingerprint density at radius 1 is 1.29 bits per heavy atom. The van der Waals surface area contributed by atoms with Gasteiger partial charge in [-0.3, -0.25) is 9.69 Å². The zero-order chi connectivity index (χ0) is 18.0. The monoisotopic (exact) mass is 347 g/mol. The summed E-state index contributed by atoms with van der Waals surface area (Å²) in [6, 6.07) is 2.99. The molecule has 2 rings (SSSR count). The maximum absolute atomic E-state index is 12.8. The molecule has 0 saturated carbocycles. The molecular formula is C16H20F3NO4. The third-order valence-electron chi connectivity index (χ3n) is 4.40. The molecule has 0 aliphatic carbocycles. The second kappa shape index (κ2) is 6.98. The van der Waals surface area contributed by atoms with Gasteiger partial charge in [-0.15, -0.1) is 0 Å². The van der Waals surface area contributed by atoms with Gasteiger partial charge in [-0.25, -0.2) is 0 Å². The van der Waals surface area contributed by atoms with E-state index in [0.29, 0.717) is 37.6 Å². The lowest BCUT2D eigenvalue weighted by Gasteiger charge is -2.38. The van der Waals surface area contributed by atoms with Gasteiger partial charge in [-0.05, 0) is 49.7 Å². The molecule has 1 saturated heterocycles. The van der Waals surface area contributed by atoms with Crippen LogP contribution in [0.5, 0.6) is 5.75 Å². The second-order valence-corrected chi connectivity index (χ2v) is 6.18. The van der Waals surface area contributed by atoms with Crippen LogP contribution >= 0.6 is 0 Å². The minimum atomic E-state index is -4.52. The summed E-state index contributed by atoms with van der Waals surface area (Å²) in [6.07, 6.45) is -3.80. The van der Waals surface area contributed by atoms with E-state index in [-0.39, 0.29) is 13.2 Å². The number of aliphatic carboxylic acids is 1. The number of aromatic hydroxyl groups is 1. The van der Waals surface area contributed by atoms with Gasteiger partial charge in [0.25, 0.3) is 0 Å². The van der Waals surface area contributed by atoms with Gasteiger partial charge < -0.3 is 14.9 Å². The molecule has 8 heteroatoms. The minimum absolute atomic E-state index is 0.112. The maximum Gasteiger partial charge on any atom is 0.416 e. The van der Waals surface area contributed by atoms with Crippen LogP contribution in [0.1, 0.15) is 24.0 Å². The third kappa shape index (κ3) is 4.18. The first kappa shape index (κ1) is 18.5. The number of hydrogen-bond acceptors (Lipinski definition) is 4. The number of piperidine rings is 1. The Bertz CT molecular complexity index is 595. The Labute approximate surface area is 137 Å². The fourth-order valence-corrected chi connectivity index (χ4v) is 3.02. The van der Waals surface area contributed by atoms with Gasteiger partial charge in [0.2, 0.25) is 0 Å². The molecule has 2 N–H and O–H groups in total. The number of carboxylic acids is 1. The highest BCUT2D eigenvalue weighted by Gasteiger charge is 2.41. The van der Waals surface area contributed by atoms with Crippen molar-refractivity contribution in [1.82, 2.24) is 4.90 Å². The Kier molecular flexibility index (Phi) is 5.39. The summed E-state index contributed by atoms with van der Waals surface area (Å²) < 4.78 is 43.4. The number of ether oxygens (including phenoxy) is 1. The molecule has 0 atom stereocenters. The average molecular weight is 347 g/mol. The largest absolute Gasteiger partial charge is 0.508 e. The molecule has 134 valence electrons. The van der Waals surface area contributed by atoms with Gasteiger partial charge in [0.1, 0.15) is 5.75 Å². The highest BCUT2D eigenvalue weighted by atomic mass is 19.4. The van der Waals surface area contributed by atoms with Crippen molar-refractivity contribution in [2.45, 2.75) is 25.6 Å². The van der Waals surface area contributed by atoms with Gasteiger partial charge in [0.15, 0.2) is 0 Å². The molecule has 5 nitrogen and oxygen atoms in total.